The van der Waals surface area contributed by atoms with Crippen molar-refractivity contribution in [2.75, 3.05) is 6.54 Å². The van der Waals surface area contributed by atoms with E-state index in [0.29, 0.717) is 0 Å². The lowest BCUT2D eigenvalue weighted by molar-refractivity contribution is 0.422. The number of nitrogens with zero attached hydrogens (tertiary/aromatic N) is 1. The molecule has 0 spiro atoms. The second-order valence-corrected chi connectivity index (χ2v) is 7.05. The number of benzene rings is 1. The lowest BCUT2D eigenvalue weighted by Crippen LogP contribution is -2.36. The molecular formula is C15H22N2S. The number of hydrogen-bond donors (Lipinski definition) is 1. The quantitative estimate of drug-likeness (QED) is 0.845. The largest absolute Gasteiger partial charge is 0.312 e. The molecule has 1 heterocycles. The maximum atomic E-state index is 4.54. The summed E-state index contributed by atoms with van der Waals surface area (Å²) in [6, 6.07) is 6.67. The van der Waals surface area contributed by atoms with Crippen LogP contribution in [0.5, 0.6) is 0 Å². The maximum Gasteiger partial charge on any atom is 0.0907 e. The van der Waals surface area contributed by atoms with Gasteiger partial charge in [0.1, 0.15) is 0 Å². The Morgan fingerprint density at radius 3 is 2.78 bits per heavy atom. The van der Waals surface area contributed by atoms with Crippen LogP contribution in [0.1, 0.15) is 37.8 Å². The summed E-state index contributed by atoms with van der Waals surface area (Å²) in [6.45, 7) is 9.75. The molecule has 2 aromatic rings. The van der Waals surface area contributed by atoms with E-state index in [1.165, 1.54) is 16.7 Å². The minimum absolute atomic E-state index is 0.218. The van der Waals surface area contributed by atoms with Gasteiger partial charge in [-0.25, -0.2) is 4.98 Å². The standard InChI is InChI=1S/C15H22N2S/c1-11-17-13-10-12(7-8-14(13)18-11)6-5-9-16-15(2,3)4/h7-8,10,16H,5-6,9H2,1-4H3. The molecule has 0 saturated heterocycles. The van der Waals surface area contributed by atoms with E-state index in [4.69, 9.17) is 0 Å². The van der Waals surface area contributed by atoms with E-state index in [1.807, 2.05) is 0 Å². The average Bonchev–Trinajstić information content (AvgIpc) is 2.62. The Morgan fingerprint density at radius 2 is 2.06 bits per heavy atom. The van der Waals surface area contributed by atoms with E-state index >= 15 is 0 Å². The first-order valence-electron chi connectivity index (χ1n) is 6.55. The predicted molar refractivity (Wildman–Crippen MR) is 80.4 cm³/mol. The Morgan fingerprint density at radius 1 is 1.28 bits per heavy atom. The number of aromatic nitrogens is 1. The van der Waals surface area contributed by atoms with Crippen molar-refractivity contribution in [2.24, 2.45) is 0 Å². The summed E-state index contributed by atoms with van der Waals surface area (Å²) in [6.07, 6.45) is 2.29. The predicted octanol–water partition coefficient (Wildman–Crippen LogP) is 3.93. The van der Waals surface area contributed by atoms with Gasteiger partial charge in [0.2, 0.25) is 0 Å². The SMILES string of the molecule is Cc1nc2cc(CCCNC(C)(C)C)ccc2s1. The van der Waals surface area contributed by atoms with Crippen molar-refractivity contribution in [3.05, 3.63) is 28.8 Å². The maximum absolute atomic E-state index is 4.54. The van der Waals surface area contributed by atoms with Crippen molar-refractivity contribution in [3.63, 3.8) is 0 Å². The molecule has 2 rings (SSSR count). The summed E-state index contributed by atoms with van der Waals surface area (Å²) in [5.41, 5.74) is 2.76. The first-order valence-corrected chi connectivity index (χ1v) is 7.37. The number of hydrogen-bond acceptors (Lipinski definition) is 3. The minimum Gasteiger partial charge on any atom is -0.312 e. The molecule has 0 fully saturated rings. The lowest BCUT2D eigenvalue weighted by Gasteiger charge is -2.20. The van der Waals surface area contributed by atoms with E-state index in [9.17, 15) is 0 Å². The molecule has 1 aromatic carbocycles. The van der Waals surface area contributed by atoms with Crippen LogP contribution in [0.3, 0.4) is 0 Å². The third-order valence-electron chi connectivity index (χ3n) is 2.86. The summed E-state index contributed by atoms with van der Waals surface area (Å²) >= 11 is 1.77. The van der Waals surface area contributed by atoms with E-state index < -0.39 is 0 Å². The molecule has 0 unspecified atom stereocenters. The van der Waals surface area contributed by atoms with Gasteiger partial charge in [-0.1, -0.05) is 6.07 Å². The van der Waals surface area contributed by atoms with Crippen LogP contribution >= 0.6 is 11.3 Å². The fourth-order valence-corrected chi connectivity index (χ4v) is 2.81. The molecule has 0 saturated carbocycles. The van der Waals surface area contributed by atoms with Crippen LogP contribution in [-0.2, 0) is 6.42 Å². The first-order chi connectivity index (χ1) is 8.44. The third-order valence-corrected chi connectivity index (χ3v) is 3.81. The molecule has 0 bridgehead atoms. The van der Waals surface area contributed by atoms with Crippen LogP contribution in [0, 0.1) is 6.92 Å². The van der Waals surface area contributed by atoms with Crippen molar-refractivity contribution in [2.45, 2.75) is 46.1 Å². The molecule has 0 aliphatic rings. The van der Waals surface area contributed by atoms with E-state index in [0.717, 1.165) is 23.5 Å². The third kappa shape index (κ3) is 3.79. The number of aryl methyl sites for hydroxylation is 2. The molecule has 0 radical (unpaired) electrons. The summed E-state index contributed by atoms with van der Waals surface area (Å²) in [7, 11) is 0. The highest BCUT2D eigenvalue weighted by Gasteiger charge is 2.07. The van der Waals surface area contributed by atoms with Crippen LogP contribution in [0.25, 0.3) is 10.2 Å². The molecular weight excluding hydrogens is 240 g/mol. The van der Waals surface area contributed by atoms with E-state index in [-0.39, 0.29) is 5.54 Å². The summed E-state index contributed by atoms with van der Waals surface area (Å²) < 4.78 is 1.30. The van der Waals surface area contributed by atoms with Crippen LogP contribution in [-0.4, -0.2) is 17.1 Å². The second-order valence-electron chi connectivity index (χ2n) is 5.82. The minimum atomic E-state index is 0.218. The Hall–Kier alpha value is -0.930. The van der Waals surface area contributed by atoms with Crippen molar-refractivity contribution in [1.29, 1.82) is 0 Å². The molecule has 0 aliphatic heterocycles. The fraction of sp³-hybridized carbons (Fsp3) is 0.533. The normalized spacial score (nSPS) is 12.2. The molecule has 98 valence electrons. The Bertz CT molecular complexity index is 523. The van der Waals surface area contributed by atoms with E-state index in [2.05, 4.69) is 56.2 Å². The molecule has 1 N–H and O–H groups in total. The van der Waals surface area contributed by atoms with Gasteiger partial charge in [0.05, 0.1) is 15.2 Å². The van der Waals surface area contributed by atoms with Crippen LogP contribution < -0.4 is 5.32 Å². The van der Waals surface area contributed by atoms with Gasteiger partial charge < -0.3 is 5.32 Å². The highest BCUT2D eigenvalue weighted by molar-refractivity contribution is 7.18. The number of rotatable bonds is 4. The number of fused-ring (bicyclic) bond motifs is 1. The van der Waals surface area contributed by atoms with Crippen molar-refractivity contribution in [3.8, 4) is 0 Å². The molecule has 0 aliphatic carbocycles. The Kier molecular flexibility index (Phi) is 4.03. The Balaban J connectivity index is 1.91. The fourth-order valence-electron chi connectivity index (χ4n) is 2.00. The smallest absolute Gasteiger partial charge is 0.0907 e. The van der Waals surface area contributed by atoms with Gasteiger partial charge in [0.15, 0.2) is 0 Å². The van der Waals surface area contributed by atoms with Crippen LogP contribution in [0.2, 0.25) is 0 Å². The zero-order chi connectivity index (χ0) is 13.2. The molecule has 0 atom stereocenters. The highest BCUT2D eigenvalue weighted by Crippen LogP contribution is 2.22. The van der Waals surface area contributed by atoms with Crippen LogP contribution in [0.4, 0.5) is 0 Å². The molecule has 2 nitrogen and oxygen atoms in total. The van der Waals surface area contributed by atoms with Gasteiger partial charge in [0.25, 0.3) is 0 Å². The van der Waals surface area contributed by atoms with Crippen molar-refractivity contribution >= 4 is 21.6 Å². The molecule has 18 heavy (non-hydrogen) atoms. The van der Waals surface area contributed by atoms with Gasteiger partial charge >= 0.3 is 0 Å². The van der Waals surface area contributed by atoms with Crippen molar-refractivity contribution in [1.82, 2.24) is 10.3 Å². The van der Waals surface area contributed by atoms with Crippen LogP contribution in [0.15, 0.2) is 18.2 Å². The highest BCUT2D eigenvalue weighted by atomic mass is 32.1. The molecule has 1 aromatic heterocycles. The Labute approximate surface area is 113 Å². The summed E-state index contributed by atoms with van der Waals surface area (Å²) in [5, 5.41) is 4.67. The summed E-state index contributed by atoms with van der Waals surface area (Å²) in [4.78, 5) is 4.54. The molecule has 0 amide bonds. The van der Waals surface area contributed by atoms with Gasteiger partial charge in [0, 0.05) is 5.54 Å². The second kappa shape index (κ2) is 5.37. The zero-order valence-corrected chi connectivity index (χ0v) is 12.5. The number of nitrogens with one attached hydrogen (secondary N) is 1. The molecule has 3 heteroatoms. The average molecular weight is 262 g/mol. The number of thiazole rings is 1. The summed E-state index contributed by atoms with van der Waals surface area (Å²) in [5.74, 6) is 0. The van der Waals surface area contributed by atoms with Crippen molar-refractivity contribution < 1.29 is 0 Å². The lowest BCUT2D eigenvalue weighted by atomic mass is 10.1. The monoisotopic (exact) mass is 262 g/mol. The topological polar surface area (TPSA) is 24.9 Å². The van der Waals surface area contributed by atoms with Gasteiger partial charge in [-0.15, -0.1) is 11.3 Å². The van der Waals surface area contributed by atoms with Gasteiger partial charge in [-0.3, -0.25) is 0 Å². The zero-order valence-electron chi connectivity index (χ0n) is 11.7. The van der Waals surface area contributed by atoms with E-state index in [1.54, 1.807) is 11.3 Å². The van der Waals surface area contributed by atoms with Gasteiger partial charge in [-0.05, 0) is 64.8 Å². The first kappa shape index (κ1) is 13.5. The van der Waals surface area contributed by atoms with Gasteiger partial charge in [-0.2, -0.15) is 0 Å².